The summed E-state index contributed by atoms with van der Waals surface area (Å²) in [7, 11) is 0. The number of benzene rings is 3. The number of nitrogens with zero attached hydrogens (tertiary/aromatic N) is 1. The molecule has 1 heterocycles. The van der Waals surface area contributed by atoms with Crippen molar-refractivity contribution in [3.05, 3.63) is 94.0 Å². The van der Waals surface area contributed by atoms with Crippen molar-refractivity contribution in [1.82, 2.24) is 0 Å². The summed E-state index contributed by atoms with van der Waals surface area (Å²) in [6, 6.07) is 18.5. The third-order valence-corrected chi connectivity index (χ3v) is 5.20. The molecular weight excluding hydrogens is 418 g/mol. The highest BCUT2D eigenvalue weighted by Gasteiger charge is 2.37. The highest BCUT2D eigenvalue weighted by Crippen LogP contribution is 2.31. The quantitative estimate of drug-likeness (QED) is 0.319. The Morgan fingerprint density at radius 2 is 1.61 bits per heavy atom. The van der Waals surface area contributed by atoms with E-state index in [9.17, 15) is 14.4 Å². The molecule has 0 saturated heterocycles. The first-order valence-electron chi connectivity index (χ1n) is 9.60. The number of fused-ring (bicyclic) bond motifs is 1. The van der Waals surface area contributed by atoms with E-state index in [1.165, 1.54) is 18.2 Å². The predicted octanol–water partition coefficient (Wildman–Crippen LogP) is 4.68. The van der Waals surface area contributed by atoms with Crippen molar-refractivity contribution in [3.8, 4) is 5.75 Å². The van der Waals surface area contributed by atoms with Crippen LogP contribution in [0.15, 0.2) is 66.7 Å². The van der Waals surface area contributed by atoms with Crippen molar-refractivity contribution in [1.29, 1.82) is 0 Å². The number of rotatable bonds is 6. The highest BCUT2D eigenvalue weighted by molar-refractivity contribution is 6.35. The lowest BCUT2D eigenvalue weighted by Gasteiger charge is -2.16. The zero-order valence-electron chi connectivity index (χ0n) is 16.6. The van der Waals surface area contributed by atoms with Crippen LogP contribution in [0.1, 0.15) is 36.6 Å². The second-order valence-electron chi connectivity index (χ2n) is 6.91. The number of anilines is 1. The zero-order chi connectivity index (χ0) is 22.0. The molecule has 0 atom stereocenters. The molecule has 1 aliphatic rings. The number of aryl methyl sites for hydroxylation is 1. The first kappa shape index (κ1) is 20.6. The summed E-state index contributed by atoms with van der Waals surface area (Å²) >= 11 is 6.01. The Hall–Kier alpha value is -3.64. The number of esters is 1. The topological polar surface area (TPSA) is 72.9 Å². The molecule has 0 unspecified atom stereocenters. The number of hydrogen-bond donors (Lipinski definition) is 0. The SMILES string of the molecule is Cc1ccccc1N1C(=O)c2ccc(C(=O)OCCOc3ccccc3Cl)cc2C1=O. The van der Waals surface area contributed by atoms with Gasteiger partial charge in [-0.3, -0.25) is 9.59 Å². The van der Waals surface area contributed by atoms with Gasteiger partial charge in [0.1, 0.15) is 19.0 Å². The fourth-order valence-corrected chi connectivity index (χ4v) is 3.52. The van der Waals surface area contributed by atoms with Crippen molar-refractivity contribution >= 4 is 35.1 Å². The molecule has 0 N–H and O–H groups in total. The van der Waals surface area contributed by atoms with Gasteiger partial charge in [0.2, 0.25) is 0 Å². The van der Waals surface area contributed by atoms with Crippen LogP contribution >= 0.6 is 11.6 Å². The molecule has 1 aliphatic heterocycles. The molecule has 0 aromatic heterocycles. The lowest BCUT2D eigenvalue weighted by Crippen LogP contribution is -2.29. The number of imide groups is 1. The van der Waals surface area contributed by atoms with E-state index in [1.807, 2.05) is 19.1 Å². The van der Waals surface area contributed by atoms with Crippen LogP contribution in [0.3, 0.4) is 0 Å². The molecule has 7 heteroatoms. The van der Waals surface area contributed by atoms with Crippen LogP contribution in [0.2, 0.25) is 5.02 Å². The molecule has 31 heavy (non-hydrogen) atoms. The third kappa shape index (κ3) is 4.02. The van der Waals surface area contributed by atoms with E-state index in [0.717, 1.165) is 10.5 Å². The summed E-state index contributed by atoms with van der Waals surface area (Å²) in [5.74, 6) is -0.994. The number of amides is 2. The van der Waals surface area contributed by atoms with Gasteiger partial charge in [-0.2, -0.15) is 0 Å². The molecule has 3 aromatic rings. The summed E-state index contributed by atoms with van der Waals surface area (Å²) in [6.45, 7) is 1.95. The van der Waals surface area contributed by atoms with Gasteiger partial charge in [0.25, 0.3) is 11.8 Å². The molecule has 0 bridgehead atoms. The summed E-state index contributed by atoms with van der Waals surface area (Å²) in [5, 5.41) is 0.467. The molecule has 0 saturated carbocycles. The normalized spacial score (nSPS) is 12.6. The number of ether oxygens (including phenoxy) is 2. The smallest absolute Gasteiger partial charge is 0.338 e. The lowest BCUT2D eigenvalue weighted by molar-refractivity contribution is 0.0450. The Kier molecular flexibility index (Phi) is 5.73. The molecule has 156 valence electrons. The fourth-order valence-electron chi connectivity index (χ4n) is 3.33. The minimum Gasteiger partial charge on any atom is -0.488 e. The molecular formula is C24H18ClNO5. The molecule has 0 fully saturated rings. The van der Waals surface area contributed by atoms with Crippen LogP contribution in [0.4, 0.5) is 5.69 Å². The molecule has 0 spiro atoms. The number of halogens is 1. The standard InChI is InChI=1S/C24H18ClNO5/c1-15-6-2-4-8-20(15)26-22(27)17-11-10-16(14-18(17)23(26)28)24(29)31-13-12-30-21-9-5-3-7-19(21)25/h2-11,14H,12-13H2,1H3. The Morgan fingerprint density at radius 1 is 0.903 bits per heavy atom. The van der Waals surface area contributed by atoms with E-state index in [2.05, 4.69) is 0 Å². The monoisotopic (exact) mass is 435 g/mol. The number of carbonyl (C=O) groups excluding carboxylic acids is 3. The summed E-state index contributed by atoms with van der Waals surface area (Å²) < 4.78 is 10.7. The van der Waals surface area contributed by atoms with Crippen LogP contribution in [0, 0.1) is 6.92 Å². The third-order valence-electron chi connectivity index (χ3n) is 4.89. The minimum atomic E-state index is -0.611. The van der Waals surface area contributed by atoms with Crippen LogP contribution in [0.25, 0.3) is 0 Å². The molecule has 0 radical (unpaired) electrons. The van der Waals surface area contributed by atoms with Gasteiger partial charge in [0, 0.05) is 0 Å². The molecule has 6 nitrogen and oxygen atoms in total. The first-order chi connectivity index (χ1) is 15.0. The summed E-state index contributed by atoms with van der Waals surface area (Å²) in [5.41, 5.74) is 1.94. The fraction of sp³-hybridized carbons (Fsp3) is 0.125. The molecule has 0 aliphatic carbocycles. The summed E-state index contributed by atoms with van der Waals surface area (Å²) in [4.78, 5) is 39.2. The first-order valence-corrected chi connectivity index (χ1v) is 9.98. The maximum Gasteiger partial charge on any atom is 0.338 e. The Labute approximate surface area is 184 Å². The van der Waals surface area contributed by atoms with Gasteiger partial charge >= 0.3 is 5.97 Å². The van der Waals surface area contributed by atoms with Crippen molar-refractivity contribution < 1.29 is 23.9 Å². The van der Waals surface area contributed by atoms with Crippen LogP contribution < -0.4 is 9.64 Å². The summed E-state index contributed by atoms with van der Waals surface area (Å²) in [6.07, 6.45) is 0. The van der Waals surface area contributed by atoms with Gasteiger partial charge in [0.15, 0.2) is 0 Å². The van der Waals surface area contributed by atoms with E-state index >= 15 is 0 Å². The van der Waals surface area contributed by atoms with E-state index in [0.29, 0.717) is 16.5 Å². The van der Waals surface area contributed by atoms with Gasteiger partial charge in [-0.15, -0.1) is 0 Å². The zero-order valence-corrected chi connectivity index (χ0v) is 17.4. The Balaban J connectivity index is 1.44. The second kappa shape index (κ2) is 8.62. The van der Waals surface area contributed by atoms with Gasteiger partial charge in [-0.1, -0.05) is 41.9 Å². The highest BCUT2D eigenvalue weighted by atomic mass is 35.5. The van der Waals surface area contributed by atoms with Crippen LogP contribution in [0.5, 0.6) is 5.75 Å². The maximum atomic E-state index is 12.9. The molecule has 3 aromatic carbocycles. The van der Waals surface area contributed by atoms with Crippen molar-refractivity contribution in [3.63, 3.8) is 0 Å². The lowest BCUT2D eigenvalue weighted by atomic mass is 10.1. The van der Waals surface area contributed by atoms with E-state index < -0.39 is 17.8 Å². The van der Waals surface area contributed by atoms with E-state index in [4.69, 9.17) is 21.1 Å². The largest absolute Gasteiger partial charge is 0.488 e. The van der Waals surface area contributed by atoms with Gasteiger partial charge in [-0.25, -0.2) is 9.69 Å². The van der Waals surface area contributed by atoms with Gasteiger partial charge in [-0.05, 0) is 48.9 Å². The van der Waals surface area contributed by atoms with E-state index in [-0.39, 0.29) is 29.9 Å². The van der Waals surface area contributed by atoms with Crippen molar-refractivity contribution in [2.45, 2.75) is 6.92 Å². The molecule has 2 amide bonds. The van der Waals surface area contributed by atoms with Gasteiger partial charge in [0.05, 0.1) is 27.4 Å². The van der Waals surface area contributed by atoms with Crippen molar-refractivity contribution in [2.24, 2.45) is 0 Å². The Morgan fingerprint density at radius 3 is 2.39 bits per heavy atom. The second-order valence-corrected chi connectivity index (χ2v) is 7.31. The van der Waals surface area contributed by atoms with Crippen molar-refractivity contribution in [2.75, 3.05) is 18.1 Å². The van der Waals surface area contributed by atoms with Crippen LogP contribution in [-0.4, -0.2) is 31.0 Å². The number of hydrogen-bond acceptors (Lipinski definition) is 5. The average molecular weight is 436 g/mol. The molecule has 4 rings (SSSR count). The number of carbonyl (C=O) groups is 3. The predicted molar refractivity (Wildman–Crippen MR) is 116 cm³/mol. The van der Waals surface area contributed by atoms with Crippen LogP contribution in [-0.2, 0) is 4.74 Å². The Bertz CT molecular complexity index is 1190. The number of para-hydroxylation sites is 2. The maximum absolute atomic E-state index is 12.9. The van der Waals surface area contributed by atoms with Gasteiger partial charge < -0.3 is 9.47 Å². The average Bonchev–Trinajstić information content (AvgIpc) is 3.02. The minimum absolute atomic E-state index is 0.00333. The van der Waals surface area contributed by atoms with E-state index in [1.54, 1.807) is 36.4 Å².